The monoisotopic (exact) mass is 207 g/mol. The molecule has 1 atom stereocenters. The first kappa shape index (κ1) is 15.0. The summed E-state index contributed by atoms with van der Waals surface area (Å²) in [6.07, 6.45) is 1.43. The zero-order valence-corrected chi connectivity index (χ0v) is 9.46. The van der Waals surface area contributed by atoms with E-state index in [0.29, 0.717) is 6.42 Å². The minimum Gasteiger partial charge on any atom is -0.396 e. The molecule has 13 heavy (non-hydrogen) atoms. The average molecular weight is 207 g/mol. The number of hydrogen-bond acceptors (Lipinski definition) is 5. The molecule has 0 aliphatic carbocycles. The summed E-state index contributed by atoms with van der Waals surface area (Å²) >= 11 is 0. The maximum Gasteiger partial charge on any atom is 0.364 e. The SMILES string of the molecule is CCC(O)[Si](C)(OC)OC.N=C=O. The molecule has 0 radical (unpaired) electrons. The van der Waals surface area contributed by atoms with Gasteiger partial charge in [-0.15, -0.1) is 0 Å². The standard InChI is InChI=1S/C6H16O3Si.CHNO/c1-5-6(7)10(4,8-2)9-3;2-1-3/h6-7H,5H2,1-4H3;2H. The van der Waals surface area contributed by atoms with Gasteiger partial charge in [-0.1, -0.05) is 6.92 Å². The van der Waals surface area contributed by atoms with Crippen molar-refractivity contribution in [1.82, 2.24) is 0 Å². The van der Waals surface area contributed by atoms with Crippen molar-refractivity contribution in [2.45, 2.75) is 25.6 Å². The molecule has 0 saturated heterocycles. The lowest BCUT2D eigenvalue weighted by Crippen LogP contribution is -2.48. The van der Waals surface area contributed by atoms with Gasteiger partial charge in [-0.3, -0.25) is 0 Å². The minimum absolute atomic E-state index is 0.428. The molecule has 2 N–H and O–H groups in total. The molecule has 0 saturated carbocycles. The molecule has 0 rings (SSSR count). The summed E-state index contributed by atoms with van der Waals surface area (Å²) in [6.45, 7) is 3.76. The topological polar surface area (TPSA) is 79.6 Å². The van der Waals surface area contributed by atoms with Crippen LogP contribution in [0.25, 0.3) is 0 Å². The highest BCUT2D eigenvalue weighted by Crippen LogP contribution is 2.12. The number of hydrogen-bond donors (Lipinski definition) is 2. The Morgan fingerprint density at radius 1 is 1.54 bits per heavy atom. The summed E-state index contributed by atoms with van der Waals surface area (Å²) in [5, 5.41) is 14.8. The fraction of sp³-hybridized carbons (Fsp3) is 0.857. The van der Waals surface area contributed by atoms with Crippen LogP contribution in [0.5, 0.6) is 0 Å². The molecule has 0 spiro atoms. The summed E-state index contributed by atoms with van der Waals surface area (Å²) in [5.74, 6) is 0. The normalized spacial score (nSPS) is 12.4. The van der Waals surface area contributed by atoms with Gasteiger partial charge in [-0.2, -0.15) is 0 Å². The second-order valence-electron chi connectivity index (χ2n) is 2.45. The molecule has 0 aliphatic heterocycles. The molecule has 0 aliphatic rings. The second-order valence-corrected chi connectivity index (χ2v) is 5.97. The predicted octanol–water partition coefficient (Wildman–Crippen LogP) is 0.562. The van der Waals surface area contributed by atoms with E-state index in [1.807, 2.05) is 13.5 Å². The van der Waals surface area contributed by atoms with Gasteiger partial charge >= 0.3 is 8.56 Å². The van der Waals surface area contributed by atoms with Crippen LogP contribution in [-0.4, -0.2) is 39.7 Å². The molecule has 6 heteroatoms. The van der Waals surface area contributed by atoms with Crippen molar-refractivity contribution in [3.05, 3.63) is 0 Å². The molecule has 0 aromatic rings. The number of carbonyl (C=O) groups excluding carboxylic acids is 1. The van der Waals surface area contributed by atoms with Gasteiger partial charge in [0.05, 0.1) is 5.73 Å². The van der Waals surface area contributed by atoms with Gasteiger partial charge in [0.2, 0.25) is 6.08 Å². The number of rotatable bonds is 4. The Morgan fingerprint density at radius 2 is 1.85 bits per heavy atom. The largest absolute Gasteiger partial charge is 0.396 e. The van der Waals surface area contributed by atoms with Gasteiger partial charge in [0.25, 0.3) is 0 Å². The van der Waals surface area contributed by atoms with Crippen LogP contribution in [0.3, 0.4) is 0 Å². The van der Waals surface area contributed by atoms with Gasteiger partial charge < -0.3 is 14.0 Å². The lowest BCUT2D eigenvalue weighted by molar-refractivity contribution is 0.142. The first-order valence-corrected chi connectivity index (χ1v) is 6.23. The molecule has 0 bridgehead atoms. The summed E-state index contributed by atoms with van der Waals surface area (Å²) in [4.78, 5) is 8.35. The van der Waals surface area contributed by atoms with Crippen molar-refractivity contribution in [2.24, 2.45) is 0 Å². The lowest BCUT2D eigenvalue weighted by Gasteiger charge is -2.26. The Bertz CT molecular complexity index is 155. The van der Waals surface area contributed by atoms with Crippen LogP contribution in [0, 0.1) is 5.41 Å². The van der Waals surface area contributed by atoms with Crippen LogP contribution in [0.1, 0.15) is 13.3 Å². The zero-order chi connectivity index (χ0) is 10.9. The van der Waals surface area contributed by atoms with E-state index in [9.17, 15) is 5.11 Å². The third kappa shape index (κ3) is 5.68. The van der Waals surface area contributed by atoms with Gasteiger partial charge in [-0.25, -0.2) is 10.2 Å². The molecule has 0 heterocycles. The molecule has 0 fully saturated rings. The zero-order valence-electron chi connectivity index (χ0n) is 8.46. The maximum absolute atomic E-state index is 9.39. The quantitative estimate of drug-likeness (QED) is 0.401. The minimum atomic E-state index is -2.25. The van der Waals surface area contributed by atoms with Crippen molar-refractivity contribution >= 4 is 14.6 Å². The van der Waals surface area contributed by atoms with E-state index in [2.05, 4.69) is 0 Å². The van der Waals surface area contributed by atoms with Crippen LogP contribution >= 0.6 is 0 Å². The van der Waals surface area contributed by atoms with E-state index < -0.39 is 14.3 Å². The highest BCUT2D eigenvalue weighted by Gasteiger charge is 2.36. The predicted molar refractivity (Wildman–Crippen MR) is 50.3 cm³/mol. The molecule has 0 aromatic heterocycles. The first-order valence-electron chi connectivity index (χ1n) is 3.84. The first-order chi connectivity index (χ1) is 6.02. The summed E-state index contributed by atoms with van der Waals surface area (Å²) < 4.78 is 10.2. The van der Waals surface area contributed by atoms with Gasteiger partial charge in [0.15, 0.2) is 0 Å². The highest BCUT2D eigenvalue weighted by molar-refractivity contribution is 6.67. The van der Waals surface area contributed by atoms with Crippen LogP contribution in [0.15, 0.2) is 0 Å². The van der Waals surface area contributed by atoms with E-state index >= 15 is 0 Å². The van der Waals surface area contributed by atoms with Crippen molar-refractivity contribution in [2.75, 3.05) is 14.2 Å². The molecular formula is C7H17NO4Si. The number of isocyanates is 1. The van der Waals surface area contributed by atoms with E-state index in [1.54, 1.807) is 14.2 Å². The third-order valence-electron chi connectivity index (χ3n) is 1.80. The van der Waals surface area contributed by atoms with Crippen LogP contribution in [-0.2, 0) is 13.6 Å². The smallest absolute Gasteiger partial charge is 0.364 e. The van der Waals surface area contributed by atoms with Crippen LogP contribution < -0.4 is 0 Å². The van der Waals surface area contributed by atoms with Crippen molar-refractivity contribution < 1.29 is 18.8 Å². The van der Waals surface area contributed by atoms with Crippen LogP contribution in [0.4, 0.5) is 0 Å². The molecule has 0 amide bonds. The molecule has 0 aromatic carbocycles. The Hall–Kier alpha value is -0.523. The summed E-state index contributed by atoms with van der Waals surface area (Å²) in [7, 11) is 0.911. The van der Waals surface area contributed by atoms with E-state index in [4.69, 9.17) is 19.1 Å². The fourth-order valence-corrected chi connectivity index (χ4v) is 2.18. The molecule has 1 unspecified atom stereocenters. The average Bonchev–Trinajstić information content (AvgIpc) is 2.16. The summed E-state index contributed by atoms with van der Waals surface area (Å²) in [6, 6.07) is 0. The van der Waals surface area contributed by atoms with Crippen molar-refractivity contribution in [3.8, 4) is 0 Å². The number of nitrogens with one attached hydrogen (secondary N) is 1. The molecule has 78 valence electrons. The Balaban J connectivity index is 0. The lowest BCUT2D eigenvalue weighted by atomic mass is 10.5. The second kappa shape index (κ2) is 8.09. The third-order valence-corrected chi connectivity index (χ3v) is 5.04. The number of aliphatic hydroxyl groups is 1. The van der Waals surface area contributed by atoms with Crippen LogP contribution in [0.2, 0.25) is 6.55 Å². The highest BCUT2D eigenvalue weighted by atomic mass is 28.4. The summed E-state index contributed by atoms with van der Waals surface area (Å²) in [5.41, 5.74) is -0.428. The Morgan fingerprint density at radius 3 is 1.92 bits per heavy atom. The van der Waals surface area contributed by atoms with E-state index in [1.165, 1.54) is 0 Å². The number of aliphatic hydroxyl groups excluding tert-OH is 1. The van der Waals surface area contributed by atoms with E-state index in [0.717, 1.165) is 6.08 Å². The van der Waals surface area contributed by atoms with Gasteiger partial charge in [-0.05, 0) is 13.0 Å². The molecule has 5 nitrogen and oxygen atoms in total. The molecular weight excluding hydrogens is 190 g/mol. The van der Waals surface area contributed by atoms with Gasteiger partial charge in [0, 0.05) is 14.2 Å². The van der Waals surface area contributed by atoms with Crippen molar-refractivity contribution in [1.29, 1.82) is 5.41 Å². The Kier molecular flexibility index (Phi) is 9.32. The Labute approximate surface area is 79.4 Å². The van der Waals surface area contributed by atoms with E-state index in [-0.39, 0.29) is 0 Å². The fourth-order valence-electron chi connectivity index (χ4n) is 0.726. The van der Waals surface area contributed by atoms with Gasteiger partial charge in [0.1, 0.15) is 0 Å². The maximum atomic E-state index is 9.39. The van der Waals surface area contributed by atoms with Crippen molar-refractivity contribution in [3.63, 3.8) is 0 Å².